The van der Waals surface area contributed by atoms with Gasteiger partial charge in [0.05, 0.1) is 5.92 Å². The van der Waals surface area contributed by atoms with Crippen LogP contribution in [0.2, 0.25) is 0 Å². The van der Waals surface area contributed by atoms with Gasteiger partial charge in [0.15, 0.2) is 6.61 Å². The zero-order valence-corrected chi connectivity index (χ0v) is 16.8. The summed E-state index contributed by atoms with van der Waals surface area (Å²) < 4.78 is 5.54. The lowest BCUT2D eigenvalue weighted by Crippen LogP contribution is -2.30. The van der Waals surface area contributed by atoms with Crippen molar-refractivity contribution in [3.05, 3.63) is 53.6 Å². The summed E-state index contributed by atoms with van der Waals surface area (Å²) >= 11 is 0. The molecule has 1 aliphatic rings. The third-order valence-corrected chi connectivity index (χ3v) is 5.05. The Hall–Kier alpha value is -3.35. The summed E-state index contributed by atoms with van der Waals surface area (Å²) in [5.74, 6) is -0.271. The fourth-order valence-corrected chi connectivity index (χ4v) is 3.22. The van der Waals surface area contributed by atoms with E-state index < -0.39 is 0 Å². The van der Waals surface area contributed by atoms with Gasteiger partial charge in [0, 0.05) is 31.4 Å². The minimum atomic E-state index is -0.336. The third-order valence-electron chi connectivity index (χ3n) is 5.05. The van der Waals surface area contributed by atoms with Gasteiger partial charge < -0.3 is 20.3 Å². The molecule has 1 saturated heterocycles. The zero-order chi connectivity index (χ0) is 21.0. The van der Waals surface area contributed by atoms with E-state index in [2.05, 4.69) is 10.6 Å². The van der Waals surface area contributed by atoms with Gasteiger partial charge >= 0.3 is 0 Å². The molecule has 152 valence electrons. The van der Waals surface area contributed by atoms with Crippen LogP contribution in [0, 0.1) is 19.8 Å². The standard InChI is InChI=1S/C22H25N3O4/c1-14-4-5-17(10-15(14)2)24-20(26)13-29-19-8-6-18(7-9-19)25-12-16(11-21(25)27)22(28)23-3/h4-10,16H,11-13H2,1-3H3,(H,23,28)(H,24,26). The summed E-state index contributed by atoms with van der Waals surface area (Å²) in [4.78, 5) is 37.6. The van der Waals surface area contributed by atoms with Crippen LogP contribution in [-0.4, -0.2) is 37.9 Å². The van der Waals surface area contributed by atoms with Crippen LogP contribution in [0.15, 0.2) is 42.5 Å². The summed E-state index contributed by atoms with van der Waals surface area (Å²) in [6, 6.07) is 12.6. The van der Waals surface area contributed by atoms with Gasteiger partial charge in [0.2, 0.25) is 11.8 Å². The number of carbonyl (C=O) groups excluding carboxylic acids is 3. The number of hydrogen-bond donors (Lipinski definition) is 2. The maximum absolute atomic E-state index is 12.2. The van der Waals surface area contributed by atoms with E-state index in [0.717, 1.165) is 16.8 Å². The molecule has 3 amide bonds. The molecule has 0 aromatic heterocycles. The minimum absolute atomic E-state index is 0.0833. The van der Waals surface area contributed by atoms with Crippen LogP contribution in [0.3, 0.4) is 0 Å². The van der Waals surface area contributed by atoms with Crippen LogP contribution in [0.1, 0.15) is 17.5 Å². The molecule has 0 aliphatic carbocycles. The van der Waals surface area contributed by atoms with E-state index in [9.17, 15) is 14.4 Å². The first-order chi connectivity index (χ1) is 13.9. The molecule has 3 rings (SSSR count). The number of carbonyl (C=O) groups is 3. The predicted octanol–water partition coefficient (Wildman–Crippen LogP) is 2.42. The van der Waals surface area contributed by atoms with E-state index in [-0.39, 0.29) is 36.7 Å². The smallest absolute Gasteiger partial charge is 0.262 e. The second-order valence-electron chi connectivity index (χ2n) is 7.15. The molecule has 1 aliphatic heterocycles. The molecule has 29 heavy (non-hydrogen) atoms. The summed E-state index contributed by atoms with van der Waals surface area (Å²) in [5.41, 5.74) is 3.70. The quantitative estimate of drug-likeness (QED) is 0.786. The molecule has 0 spiro atoms. The van der Waals surface area contributed by atoms with Crippen LogP contribution in [0.5, 0.6) is 5.75 Å². The van der Waals surface area contributed by atoms with Crippen molar-refractivity contribution in [3.63, 3.8) is 0 Å². The second kappa shape index (κ2) is 8.77. The van der Waals surface area contributed by atoms with E-state index in [1.807, 2.05) is 32.0 Å². The van der Waals surface area contributed by atoms with E-state index in [0.29, 0.717) is 18.0 Å². The van der Waals surface area contributed by atoms with Crippen molar-refractivity contribution in [2.75, 3.05) is 30.4 Å². The highest BCUT2D eigenvalue weighted by Gasteiger charge is 2.34. The number of aryl methyl sites for hydroxylation is 2. The maximum Gasteiger partial charge on any atom is 0.262 e. The number of amides is 3. The first-order valence-corrected chi connectivity index (χ1v) is 9.49. The SMILES string of the molecule is CNC(=O)C1CC(=O)N(c2ccc(OCC(=O)Nc3ccc(C)c(C)c3)cc2)C1. The summed E-state index contributed by atoms with van der Waals surface area (Å²) in [6.45, 7) is 4.25. The van der Waals surface area contributed by atoms with Crippen molar-refractivity contribution >= 4 is 29.1 Å². The molecule has 2 aromatic carbocycles. The van der Waals surface area contributed by atoms with Crippen LogP contribution in [-0.2, 0) is 14.4 Å². The number of hydrogen-bond acceptors (Lipinski definition) is 4. The fraction of sp³-hybridized carbons (Fsp3) is 0.318. The van der Waals surface area contributed by atoms with Gasteiger partial charge in [-0.25, -0.2) is 0 Å². The Labute approximate surface area is 170 Å². The van der Waals surface area contributed by atoms with E-state index >= 15 is 0 Å². The van der Waals surface area contributed by atoms with Crippen molar-refractivity contribution in [2.45, 2.75) is 20.3 Å². The predicted molar refractivity (Wildman–Crippen MR) is 111 cm³/mol. The van der Waals surface area contributed by atoms with Crippen molar-refractivity contribution in [1.29, 1.82) is 0 Å². The molecule has 1 fully saturated rings. The van der Waals surface area contributed by atoms with Crippen LogP contribution < -0.4 is 20.3 Å². The molecule has 1 heterocycles. The van der Waals surface area contributed by atoms with Gasteiger partial charge in [-0.1, -0.05) is 6.07 Å². The molecule has 7 nitrogen and oxygen atoms in total. The lowest BCUT2D eigenvalue weighted by molar-refractivity contribution is -0.125. The molecule has 0 radical (unpaired) electrons. The Balaban J connectivity index is 1.54. The lowest BCUT2D eigenvalue weighted by Gasteiger charge is -2.17. The van der Waals surface area contributed by atoms with Gasteiger partial charge in [-0.2, -0.15) is 0 Å². The molecule has 7 heteroatoms. The van der Waals surface area contributed by atoms with Crippen molar-refractivity contribution < 1.29 is 19.1 Å². The zero-order valence-electron chi connectivity index (χ0n) is 16.8. The molecule has 0 saturated carbocycles. The number of nitrogens with one attached hydrogen (secondary N) is 2. The molecular weight excluding hydrogens is 370 g/mol. The van der Waals surface area contributed by atoms with E-state index in [1.165, 1.54) is 0 Å². The highest BCUT2D eigenvalue weighted by atomic mass is 16.5. The van der Waals surface area contributed by atoms with Gasteiger partial charge in [0.25, 0.3) is 5.91 Å². The normalized spacial score (nSPS) is 15.9. The average Bonchev–Trinajstić information content (AvgIpc) is 3.10. The first kappa shape index (κ1) is 20.4. The van der Waals surface area contributed by atoms with Gasteiger partial charge in [-0.05, 0) is 61.4 Å². The van der Waals surface area contributed by atoms with Crippen LogP contribution in [0.4, 0.5) is 11.4 Å². The average molecular weight is 395 g/mol. The maximum atomic E-state index is 12.2. The molecular formula is C22H25N3O4. The Bertz CT molecular complexity index is 924. The summed E-state index contributed by atoms with van der Waals surface area (Å²) in [6.07, 6.45) is 0.205. The number of nitrogens with zero attached hydrogens (tertiary/aromatic N) is 1. The first-order valence-electron chi connectivity index (χ1n) is 9.49. The van der Waals surface area contributed by atoms with Crippen molar-refractivity contribution in [1.82, 2.24) is 5.32 Å². The summed E-state index contributed by atoms with van der Waals surface area (Å²) in [7, 11) is 1.57. The fourth-order valence-electron chi connectivity index (χ4n) is 3.22. The lowest BCUT2D eigenvalue weighted by atomic mass is 10.1. The minimum Gasteiger partial charge on any atom is -0.484 e. The van der Waals surface area contributed by atoms with Gasteiger partial charge in [0.1, 0.15) is 5.75 Å². The molecule has 1 atom stereocenters. The number of anilines is 2. The highest BCUT2D eigenvalue weighted by molar-refractivity contribution is 6.00. The van der Waals surface area contributed by atoms with E-state index in [1.54, 1.807) is 36.2 Å². The van der Waals surface area contributed by atoms with Crippen molar-refractivity contribution in [3.8, 4) is 5.75 Å². The number of benzene rings is 2. The van der Waals surface area contributed by atoms with Crippen LogP contribution >= 0.6 is 0 Å². The van der Waals surface area contributed by atoms with Crippen LogP contribution in [0.25, 0.3) is 0 Å². The van der Waals surface area contributed by atoms with Gasteiger partial charge in [-0.15, -0.1) is 0 Å². The van der Waals surface area contributed by atoms with Crippen molar-refractivity contribution in [2.24, 2.45) is 5.92 Å². The highest BCUT2D eigenvalue weighted by Crippen LogP contribution is 2.27. The Morgan fingerprint density at radius 1 is 1.10 bits per heavy atom. The molecule has 1 unspecified atom stereocenters. The Morgan fingerprint density at radius 2 is 1.83 bits per heavy atom. The van der Waals surface area contributed by atoms with Gasteiger partial charge in [-0.3, -0.25) is 14.4 Å². The largest absolute Gasteiger partial charge is 0.484 e. The third kappa shape index (κ3) is 4.93. The second-order valence-corrected chi connectivity index (χ2v) is 7.15. The molecule has 0 bridgehead atoms. The van der Waals surface area contributed by atoms with E-state index in [4.69, 9.17) is 4.74 Å². The Morgan fingerprint density at radius 3 is 2.48 bits per heavy atom. The number of ether oxygens (including phenoxy) is 1. The number of rotatable bonds is 6. The molecule has 2 N–H and O–H groups in total. The Kier molecular flexibility index (Phi) is 6.16. The molecule has 2 aromatic rings. The topological polar surface area (TPSA) is 87.7 Å². The monoisotopic (exact) mass is 395 g/mol. The summed E-state index contributed by atoms with van der Waals surface area (Å²) in [5, 5.41) is 5.39.